The Kier molecular flexibility index (Phi) is 2.11. The number of hydrogen-bond acceptors (Lipinski definition) is 3. The van der Waals surface area contributed by atoms with Crippen LogP contribution in [0.4, 0.5) is 0 Å². The Morgan fingerprint density at radius 1 is 1.15 bits per heavy atom. The third-order valence-electron chi connectivity index (χ3n) is 1.98. The van der Waals surface area contributed by atoms with Crippen LogP contribution in [-0.2, 0) is 0 Å². The molecule has 0 aromatic heterocycles. The van der Waals surface area contributed by atoms with Crippen LogP contribution in [0.25, 0.3) is 0 Å². The summed E-state index contributed by atoms with van der Waals surface area (Å²) in [7, 11) is -2.66. The standard InChI is InChI=1S/C9H11NO2S/c11-13(12)7-6-9(10-13)8-4-2-1-3-5-8/h1-5,11-12H,6-7H2. The molecule has 1 aromatic carbocycles. The van der Waals surface area contributed by atoms with E-state index < -0.39 is 10.8 Å². The summed E-state index contributed by atoms with van der Waals surface area (Å²) >= 11 is 0. The third-order valence-corrected chi connectivity index (χ3v) is 3.24. The summed E-state index contributed by atoms with van der Waals surface area (Å²) in [5.41, 5.74) is 1.79. The van der Waals surface area contributed by atoms with Gasteiger partial charge in [0.1, 0.15) is 0 Å². The normalized spacial score (nSPS) is 22.5. The zero-order valence-electron chi connectivity index (χ0n) is 7.05. The molecular weight excluding hydrogens is 186 g/mol. The van der Waals surface area contributed by atoms with E-state index in [0.29, 0.717) is 12.2 Å². The summed E-state index contributed by atoms with van der Waals surface area (Å²) in [4.78, 5) is 0. The Hall–Kier alpha value is -0.840. The van der Waals surface area contributed by atoms with Gasteiger partial charge in [-0.15, -0.1) is 0 Å². The second-order valence-electron chi connectivity index (χ2n) is 2.99. The van der Waals surface area contributed by atoms with Crippen LogP contribution in [0.1, 0.15) is 12.0 Å². The highest BCUT2D eigenvalue weighted by Gasteiger charge is 2.21. The summed E-state index contributed by atoms with van der Waals surface area (Å²) in [5, 5.41) is 0. The predicted molar refractivity (Wildman–Crippen MR) is 55.3 cm³/mol. The number of benzene rings is 1. The molecule has 1 aliphatic rings. The molecule has 0 bridgehead atoms. The van der Waals surface area contributed by atoms with E-state index in [1.54, 1.807) is 0 Å². The number of nitrogens with zero attached hydrogens (tertiary/aromatic N) is 1. The van der Waals surface area contributed by atoms with Crippen LogP contribution in [0.3, 0.4) is 0 Å². The van der Waals surface area contributed by atoms with Crippen LogP contribution in [0.5, 0.6) is 0 Å². The lowest BCUT2D eigenvalue weighted by Gasteiger charge is -2.20. The Balaban J connectivity index is 2.30. The fourth-order valence-electron chi connectivity index (χ4n) is 1.33. The van der Waals surface area contributed by atoms with Crippen molar-refractivity contribution < 1.29 is 9.11 Å². The third kappa shape index (κ3) is 1.91. The van der Waals surface area contributed by atoms with Crippen molar-refractivity contribution in [3.8, 4) is 0 Å². The first-order chi connectivity index (χ1) is 6.17. The molecule has 70 valence electrons. The van der Waals surface area contributed by atoms with Crippen molar-refractivity contribution in [2.75, 3.05) is 5.75 Å². The zero-order chi connectivity index (χ0) is 9.31. The van der Waals surface area contributed by atoms with Gasteiger partial charge in [-0.2, -0.15) is 4.40 Å². The van der Waals surface area contributed by atoms with Crippen LogP contribution in [0, 0.1) is 0 Å². The molecule has 1 aliphatic heterocycles. The van der Waals surface area contributed by atoms with Crippen LogP contribution < -0.4 is 0 Å². The highest BCUT2D eigenvalue weighted by atomic mass is 32.3. The van der Waals surface area contributed by atoms with E-state index in [-0.39, 0.29) is 0 Å². The molecule has 1 heterocycles. The quantitative estimate of drug-likeness (QED) is 0.727. The number of rotatable bonds is 1. The van der Waals surface area contributed by atoms with Crippen molar-refractivity contribution in [3.05, 3.63) is 35.9 Å². The van der Waals surface area contributed by atoms with Gasteiger partial charge in [-0.1, -0.05) is 41.1 Å². The predicted octanol–water partition coefficient (Wildman–Crippen LogP) is 2.55. The maximum atomic E-state index is 9.28. The largest absolute Gasteiger partial charge is 0.280 e. The minimum Gasteiger partial charge on any atom is -0.280 e. The van der Waals surface area contributed by atoms with Crippen molar-refractivity contribution in [1.29, 1.82) is 0 Å². The van der Waals surface area contributed by atoms with E-state index in [4.69, 9.17) is 0 Å². The van der Waals surface area contributed by atoms with Gasteiger partial charge in [0.25, 0.3) is 0 Å². The highest BCUT2D eigenvalue weighted by molar-refractivity contribution is 8.23. The average Bonchev–Trinajstić information content (AvgIpc) is 2.48. The second-order valence-corrected chi connectivity index (χ2v) is 4.85. The fraction of sp³-hybridized carbons (Fsp3) is 0.222. The maximum Gasteiger partial charge on any atom is 0.0689 e. The summed E-state index contributed by atoms with van der Waals surface area (Å²) in [6.07, 6.45) is 0.659. The molecule has 0 saturated carbocycles. The first-order valence-corrected chi connectivity index (χ1v) is 5.75. The van der Waals surface area contributed by atoms with Gasteiger partial charge in [0.05, 0.1) is 11.5 Å². The molecule has 2 N–H and O–H groups in total. The van der Waals surface area contributed by atoms with Crippen LogP contribution >= 0.6 is 10.8 Å². The summed E-state index contributed by atoms with van der Waals surface area (Å²) in [5.74, 6) is 0.372. The van der Waals surface area contributed by atoms with Crippen LogP contribution in [0.2, 0.25) is 0 Å². The van der Waals surface area contributed by atoms with Gasteiger partial charge in [0.2, 0.25) is 0 Å². The van der Waals surface area contributed by atoms with Crippen LogP contribution in [0.15, 0.2) is 34.7 Å². The van der Waals surface area contributed by atoms with E-state index in [9.17, 15) is 9.11 Å². The van der Waals surface area contributed by atoms with E-state index in [1.807, 2.05) is 30.3 Å². The number of hydrogen-bond donors (Lipinski definition) is 2. The fourth-order valence-corrected chi connectivity index (χ4v) is 2.44. The highest BCUT2D eigenvalue weighted by Crippen LogP contribution is 2.46. The summed E-state index contributed by atoms with van der Waals surface area (Å²) in [6.45, 7) is 0. The SMILES string of the molecule is OS1(O)CCC(c2ccccc2)=N1. The Morgan fingerprint density at radius 2 is 1.85 bits per heavy atom. The van der Waals surface area contributed by atoms with Gasteiger partial charge < -0.3 is 0 Å². The second kappa shape index (κ2) is 3.14. The molecule has 0 spiro atoms. The monoisotopic (exact) mass is 197 g/mol. The molecular formula is C9H11NO2S. The van der Waals surface area contributed by atoms with Crippen molar-refractivity contribution in [1.82, 2.24) is 0 Å². The lowest BCUT2D eigenvalue weighted by molar-refractivity contribution is 0.493. The molecule has 0 aliphatic carbocycles. The van der Waals surface area contributed by atoms with Crippen molar-refractivity contribution in [2.45, 2.75) is 6.42 Å². The smallest absolute Gasteiger partial charge is 0.0689 e. The molecule has 0 amide bonds. The van der Waals surface area contributed by atoms with Crippen molar-refractivity contribution >= 4 is 16.5 Å². The Labute approximate surface area is 78.6 Å². The molecule has 0 fully saturated rings. The van der Waals surface area contributed by atoms with Crippen LogP contribution in [-0.4, -0.2) is 20.6 Å². The topological polar surface area (TPSA) is 52.8 Å². The lowest BCUT2D eigenvalue weighted by Crippen LogP contribution is -1.95. The van der Waals surface area contributed by atoms with Gasteiger partial charge in [0, 0.05) is 6.42 Å². The first kappa shape index (κ1) is 8.74. The van der Waals surface area contributed by atoms with Gasteiger partial charge in [0.15, 0.2) is 0 Å². The zero-order valence-corrected chi connectivity index (χ0v) is 7.87. The van der Waals surface area contributed by atoms with Gasteiger partial charge >= 0.3 is 0 Å². The molecule has 1 aromatic rings. The summed E-state index contributed by atoms with van der Waals surface area (Å²) < 4.78 is 22.5. The molecule has 0 unspecified atom stereocenters. The molecule has 3 nitrogen and oxygen atoms in total. The summed E-state index contributed by atoms with van der Waals surface area (Å²) in [6, 6.07) is 9.63. The molecule has 2 rings (SSSR count). The van der Waals surface area contributed by atoms with E-state index in [1.165, 1.54) is 0 Å². The van der Waals surface area contributed by atoms with E-state index >= 15 is 0 Å². The van der Waals surface area contributed by atoms with Gasteiger partial charge in [-0.3, -0.25) is 9.11 Å². The van der Waals surface area contributed by atoms with Gasteiger partial charge in [-0.25, -0.2) is 0 Å². The van der Waals surface area contributed by atoms with E-state index in [0.717, 1.165) is 11.3 Å². The molecule has 0 atom stereocenters. The molecule has 0 radical (unpaired) electrons. The Bertz CT molecular complexity index is 335. The first-order valence-electron chi connectivity index (χ1n) is 4.07. The minimum atomic E-state index is -2.66. The lowest BCUT2D eigenvalue weighted by atomic mass is 10.1. The average molecular weight is 197 g/mol. The van der Waals surface area contributed by atoms with Crippen molar-refractivity contribution in [3.63, 3.8) is 0 Å². The van der Waals surface area contributed by atoms with Gasteiger partial charge in [-0.05, 0) is 5.56 Å². The van der Waals surface area contributed by atoms with Crippen molar-refractivity contribution in [2.24, 2.45) is 4.40 Å². The molecule has 0 saturated heterocycles. The molecule has 13 heavy (non-hydrogen) atoms. The maximum absolute atomic E-state index is 9.28. The van der Waals surface area contributed by atoms with E-state index in [2.05, 4.69) is 4.40 Å². The minimum absolute atomic E-state index is 0.372. The molecule has 4 heteroatoms. The Morgan fingerprint density at radius 3 is 2.38 bits per heavy atom.